The van der Waals surface area contributed by atoms with Crippen molar-refractivity contribution >= 4 is 56.5 Å². The lowest BCUT2D eigenvalue weighted by Gasteiger charge is -2.03. The van der Waals surface area contributed by atoms with Gasteiger partial charge < -0.3 is 10.6 Å². The summed E-state index contributed by atoms with van der Waals surface area (Å²) >= 11 is 4.50. The number of aryl methyl sites for hydroxylation is 2. The van der Waals surface area contributed by atoms with Gasteiger partial charge in [0, 0.05) is 46.5 Å². The minimum Gasteiger partial charge on any atom is -0.302 e. The molecule has 0 saturated heterocycles. The first-order valence-corrected chi connectivity index (χ1v) is 9.84. The van der Waals surface area contributed by atoms with Crippen LogP contribution in [0.5, 0.6) is 0 Å². The van der Waals surface area contributed by atoms with Crippen LogP contribution in [0.15, 0.2) is 12.4 Å². The van der Waals surface area contributed by atoms with E-state index >= 15 is 0 Å². The fourth-order valence-corrected chi connectivity index (χ4v) is 3.85. The Bertz CT molecular complexity index is 612. The van der Waals surface area contributed by atoms with Gasteiger partial charge in [0.25, 0.3) is 0 Å². The normalized spacial score (nSPS) is 10.5. The zero-order valence-corrected chi connectivity index (χ0v) is 15.4. The molecule has 9 heteroatoms. The molecule has 2 rings (SSSR count). The van der Waals surface area contributed by atoms with Gasteiger partial charge in [-0.2, -0.15) is 11.8 Å². The predicted octanol–water partition coefficient (Wildman–Crippen LogP) is 3.31. The van der Waals surface area contributed by atoms with Gasteiger partial charge in [0.1, 0.15) is 0 Å². The highest BCUT2D eigenvalue weighted by Crippen LogP contribution is 2.18. The highest BCUT2D eigenvalue weighted by molar-refractivity contribution is 7.99. The number of rotatable bonds is 8. The lowest BCUT2D eigenvalue weighted by Crippen LogP contribution is -2.13. The van der Waals surface area contributed by atoms with Crippen LogP contribution in [0.4, 0.5) is 10.3 Å². The molecule has 2 N–H and O–H groups in total. The summed E-state index contributed by atoms with van der Waals surface area (Å²) in [5.41, 5.74) is 0. The van der Waals surface area contributed by atoms with Gasteiger partial charge in [-0.15, -0.1) is 22.7 Å². The van der Waals surface area contributed by atoms with E-state index in [1.165, 1.54) is 22.7 Å². The molecule has 0 spiro atoms. The third-order valence-corrected chi connectivity index (χ3v) is 5.32. The number of carbonyl (C=O) groups is 2. The van der Waals surface area contributed by atoms with E-state index in [2.05, 4.69) is 20.6 Å². The summed E-state index contributed by atoms with van der Waals surface area (Å²) in [5.74, 6) is 1.27. The SMILES string of the molecule is Cc1cnc(NC(=O)CCSCCC(=O)Nc2ncc(C)s2)s1. The molecule has 0 radical (unpaired) electrons. The molecule has 2 aromatic heterocycles. The molecule has 23 heavy (non-hydrogen) atoms. The number of carbonyl (C=O) groups excluding carboxylic acids is 2. The highest BCUT2D eigenvalue weighted by Gasteiger charge is 2.07. The number of nitrogens with one attached hydrogen (secondary N) is 2. The maximum absolute atomic E-state index is 11.7. The first kappa shape index (κ1) is 17.9. The number of thiazole rings is 2. The largest absolute Gasteiger partial charge is 0.302 e. The van der Waals surface area contributed by atoms with Crippen molar-refractivity contribution in [1.82, 2.24) is 9.97 Å². The van der Waals surface area contributed by atoms with Gasteiger partial charge in [-0.05, 0) is 13.8 Å². The van der Waals surface area contributed by atoms with Gasteiger partial charge in [0.15, 0.2) is 10.3 Å². The van der Waals surface area contributed by atoms with Crippen molar-refractivity contribution in [2.75, 3.05) is 22.1 Å². The third kappa shape index (κ3) is 6.67. The highest BCUT2D eigenvalue weighted by atomic mass is 32.2. The lowest BCUT2D eigenvalue weighted by atomic mass is 10.4. The van der Waals surface area contributed by atoms with Crippen LogP contribution < -0.4 is 10.6 Å². The minimum absolute atomic E-state index is 0.0467. The number of aromatic nitrogens is 2. The zero-order valence-electron chi connectivity index (χ0n) is 12.9. The van der Waals surface area contributed by atoms with E-state index in [1.807, 2.05) is 13.8 Å². The average Bonchev–Trinajstić information content (AvgIpc) is 3.07. The van der Waals surface area contributed by atoms with Crippen LogP contribution in [0.2, 0.25) is 0 Å². The van der Waals surface area contributed by atoms with Gasteiger partial charge in [-0.3, -0.25) is 9.59 Å². The van der Waals surface area contributed by atoms with E-state index in [9.17, 15) is 9.59 Å². The van der Waals surface area contributed by atoms with E-state index in [1.54, 1.807) is 24.2 Å². The topological polar surface area (TPSA) is 84.0 Å². The number of hydrogen-bond donors (Lipinski definition) is 2. The van der Waals surface area contributed by atoms with Crippen molar-refractivity contribution in [2.45, 2.75) is 26.7 Å². The second-order valence-electron chi connectivity index (χ2n) is 4.76. The first-order chi connectivity index (χ1) is 11.0. The Morgan fingerprint density at radius 2 is 1.39 bits per heavy atom. The average molecular weight is 371 g/mol. The van der Waals surface area contributed by atoms with Crippen LogP contribution in [-0.2, 0) is 9.59 Å². The summed E-state index contributed by atoms with van der Waals surface area (Å²) in [6, 6.07) is 0. The molecule has 2 heterocycles. The number of hydrogen-bond acceptors (Lipinski definition) is 7. The van der Waals surface area contributed by atoms with Gasteiger partial charge in [-0.25, -0.2) is 9.97 Å². The van der Waals surface area contributed by atoms with Crippen molar-refractivity contribution in [2.24, 2.45) is 0 Å². The molecule has 0 bridgehead atoms. The van der Waals surface area contributed by atoms with Crippen LogP contribution in [0.1, 0.15) is 22.6 Å². The molecule has 0 aromatic carbocycles. The monoisotopic (exact) mass is 370 g/mol. The van der Waals surface area contributed by atoms with Crippen molar-refractivity contribution in [3.8, 4) is 0 Å². The second kappa shape index (κ2) is 8.99. The Balaban J connectivity index is 1.55. The van der Waals surface area contributed by atoms with Crippen molar-refractivity contribution in [3.63, 3.8) is 0 Å². The van der Waals surface area contributed by atoms with Crippen LogP contribution >= 0.6 is 34.4 Å². The van der Waals surface area contributed by atoms with Gasteiger partial charge in [0.2, 0.25) is 11.8 Å². The minimum atomic E-state index is -0.0467. The maximum Gasteiger partial charge on any atom is 0.226 e. The van der Waals surface area contributed by atoms with Gasteiger partial charge in [-0.1, -0.05) is 0 Å². The molecule has 0 fully saturated rings. The van der Waals surface area contributed by atoms with Gasteiger partial charge >= 0.3 is 0 Å². The Labute approximate surface area is 147 Å². The Morgan fingerprint density at radius 3 is 1.74 bits per heavy atom. The summed E-state index contributed by atoms with van der Waals surface area (Å²) in [7, 11) is 0. The smallest absolute Gasteiger partial charge is 0.226 e. The number of nitrogens with zero attached hydrogens (tertiary/aromatic N) is 2. The molecule has 0 aliphatic heterocycles. The second-order valence-corrected chi connectivity index (χ2v) is 8.46. The summed E-state index contributed by atoms with van der Waals surface area (Å²) < 4.78 is 0. The summed E-state index contributed by atoms with van der Waals surface area (Å²) in [4.78, 5) is 33.7. The van der Waals surface area contributed by atoms with Crippen LogP contribution in [0.25, 0.3) is 0 Å². The summed E-state index contributed by atoms with van der Waals surface area (Å²) in [6.45, 7) is 3.89. The molecular weight excluding hydrogens is 352 g/mol. The van der Waals surface area contributed by atoms with E-state index in [4.69, 9.17) is 0 Å². The quantitative estimate of drug-likeness (QED) is 0.697. The molecule has 0 aliphatic rings. The Hall–Kier alpha value is -1.45. The summed E-state index contributed by atoms with van der Waals surface area (Å²) in [6.07, 6.45) is 4.29. The molecule has 2 amide bonds. The van der Waals surface area contributed by atoms with Gasteiger partial charge in [0.05, 0.1) is 0 Å². The molecule has 6 nitrogen and oxygen atoms in total. The van der Waals surface area contributed by atoms with E-state index in [0.29, 0.717) is 34.6 Å². The first-order valence-electron chi connectivity index (χ1n) is 7.05. The Morgan fingerprint density at radius 1 is 0.957 bits per heavy atom. The van der Waals surface area contributed by atoms with Crippen molar-refractivity contribution in [1.29, 1.82) is 0 Å². The fourth-order valence-electron chi connectivity index (χ4n) is 1.62. The standard InChI is InChI=1S/C14H18N4O2S3/c1-9-7-15-13(22-9)17-11(19)3-5-21-6-4-12(20)18-14-16-8-10(2)23-14/h7-8H,3-6H2,1-2H3,(H,15,17,19)(H,16,18,20). The van der Waals surface area contributed by atoms with Crippen LogP contribution in [0.3, 0.4) is 0 Å². The van der Waals surface area contributed by atoms with Crippen molar-refractivity contribution in [3.05, 3.63) is 22.1 Å². The van der Waals surface area contributed by atoms with Crippen molar-refractivity contribution < 1.29 is 9.59 Å². The fraction of sp³-hybridized carbons (Fsp3) is 0.429. The molecule has 0 unspecified atom stereocenters. The molecule has 124 valence electrons. The third-order valence-electron chi connectivity index (χ3n) is 2.68. The number of amides is 2. The van der Waals surface area contributed by atoms with Crippen LogP contribution in [-0.4, -0.2) is 33.3 Å². The molecular formula is C14H18N4O2S3. The number of thioether (sulfide) groups is 1. The molecule has 2 aromatic rings. The Kier molecular flexibility index (Phi) is 7.00. The summed E-state index contributed by atoms with van der Waals surface area (Å²) in [5, 5.41) is 6.80. The molecule has 0 aliphatic carbocycles. The van der Waals surface area contributed by atoms with E-state index < -0.39 is 0 Å². The predicted molar refractivity (Wildman–Crippen MR) is 97.5 cm³/mol. The maximum atomic E-state index is 11.7. The molecule has 0 saturated carbocycles. The van der Waals surface area contributed by atoms with E-state index in [-0.39, 0.29) is 11.8 Å². The van der Waals surface area contributed by atoms with E-state index in [0.717, 1.165) is 9.75 Å². The lowest BCUT2D eigenvalue weighted by molar-refractivity contribution is -0.116. The molecule has 0 atom stereocenters. The number of anilines is 2. The zero-order chi connectivity index (χ0) is 16.7. The van der Waals surface area contributed by atoms with Crippen LogP contribution in [0, 0.1) is 13.8 Å².